The smallest absolute Gasteiger partial charge is 0.276 e. The first-order valence-electron chi connectivity index (χ1n) is 9.54. The van der Waals surface area contributed by atoms with Crippen LogP contribution in [0.1, 0.15) is 34.9 Å². The van der Waals surface area contributed by atoms with E-state index in [1.54, 1.807) is 13.2 Å². The van der Waals surface area contributed by atoms with Crippen LogP contribution in [0.5, 0.6) is 17.2 Å². The number of carbonyl (C=O) groups is 1. The molecule has 3 heterocycles. The van der Waals surface area contributed by atoms with E-state index in [1.807, 2.05) is 47.4 Å². The van der Waals surface area contributed by atoms with E-state index in [4.69, 9.17) is 18.7 Å². The van der Waals surface area contributed by atoms with Gasteiger partial charge in [-0.15, -0.1) is 0 Å². The van der Waals surface area contributed by atoms with Crippen LogP contribution in [0.2, 0.25) is 0 Å². The number of nitrogens with zero attached hydrogens (tertiary/aromatic N) is 2. The molecule has 2 aliphatic heterocycles. The number of fused-ring (bicyclic) bond motifs is 1. The van der Waals surface area contributed by atoms with Crippen LogP contribution in [-0.2, 0) is 0 Å². The summed E-state index contributed by atoms with van der Waals surface area (Å²) in [5.74, 6) is 2.55. The Morgan fingerprint density at radius 3 is 2.76 bits per heavy atom. The van der Waals surface area contributed by atoms with Gasteiger partial charge in [-0.3, -0.25) is 4.79 Å². The summed E-state index contributed by atoms with van der Waals surface area (Å²) >= 11 is 0. The molecule has 0 aliphatic carbocycles. The third kappa shape index (κ3) is 3.18. The van der Waals surface area contributed by atoms with Crippen molar-refractivity contribution in [3.05, 3.63) is 59.8 Å². The lowest BCUT2D eigenvalue weighted by Gasteiger charge is -2.24. The third-order valence-corrected chi connectivity index (χ3v) is 5.40. The van der Waals surface area contributed by atoms with E-state index in [2.05, 4.69) is 5.16 Å². The van der Waals surface area contributed by atoms with Crippen molar-refractivity contribution >= 4 is 5.91 Å². The number of ether oxygens (including phenoxy) is 3. The largest absolute Gasteiger partial charge is 0.497 e. The Kier molecular flexibility index (Phi) is 4.35. The number of hydrogen-bond acceptors (Lipinski definition) is 6. The summed E-state index contributed by atoms with van der Waals surface area (Å²) < 4.78 is 21.4. The summed E-state index contributed by atoms with van der Waals surface area (Å²) in [7, 11) is 1.64. The van der Waals surface area contributed by atoms with Crippen molar-refractivity contribution in [1.82, 2.24) is 10.1 Å². The zero-order valence-electron chi connectivity index (χ0n) is 16.0. The van der Waals surface area contributed by atoms with Crippen LogP contribution in [0.3, 0.4) is 0 Å². The summed E-state index contributed by atoms with van der Waals surface area (Å²) in [4.78, 5) is 15.0. The molecule has 2 aromatic carbocycles. The first kappa shape index (κ1) is 17.6. The number of carbonyl (C=O) groups excluding carboxylic acids is 1. The number of amides is 1. The fourth-order valence-electron chi connectivity index (χ4n) is 3.89. The maximum absolute atomic E-state index is 13.1. The van der Waals surface area contributed by atoms with Crippen LogP contribution in [-0.4, -0.2) is 36.4 Å². The highest BCUT2D eigenvalue weighted by molar-refractivity contribution is 5.93. The van der Waals surface area contributed by atoms with Gasteiger partial charge in [0.15, 0.2) is 23.0 Å². The average Bonchev–Trinajstić information content (AvgIpc) is 3.53. The minimum absolute atomic E-state index is 0.0269. The summed E-state index contributed by atoms with van der Waals surface area (Å²) in [5, 5.41) is 4.03. The average molecular weight is 392 g/mol. The molecule has 29 heavy (non-hydrogen) atoms. The first-order valence-corrected chi connectivity index (χ1v) is 9.54. The predicted octanol–water partition coefficient (Wildman–Crippen LogP) is 4.06. The number of rotatable bonds is 4. The van der Waals surface area contributed by atoms with Gasteiger partial charge < -0.3 is 23.6 Å². The Labute approximate surface area is 167 Å². The minimum Gasteiger partial charge on any atom is -0.497 e. The molecule has 5 rings (SSSR count). The summed E-state index contributed by atoms with van der Waals surface area (Å²) in [6.45, 7) is 0.905. The van der Waals surface area contributed by atoms with Crippen molar-refractivity contribution in [2.45, 2.75) is 18.9 Å². The molecular formula is C22H20N2O5. The molecule has 1 amide bonds. The zero-order valence-corrected chi connectivity index (χ0v) is 16.0. The normalized spacial score (nSPS) is 17.6. The lowest BCUT2D eigenvalue weighted by atomic mass is 10.0. The van der Waals surface area contributed by atoms with E-state index >= 15 is 0 Å². The van der Waals surface area contributed by atoms with Gasteiger partial charge in [0.2, 0.25) is 6.79 Å². The fourth-order valence-corrected chi connectivity index (χ4v) is 3.89. The summed E-state index contributed by atoms with van der Waals surface area (Å²) in [6.07, 6.45) is 1.88. The maximum Gasteiger partial charge on any atom is 0.276 e. The Bertz CT molecular complexity index is 1040. The third-order valence-electron chi connectivity index (χ3n) is 5.40. The van der Waals surface area contributed by atoms with Crippen molar-refractivity contribution in [2.75, 3.05) is 20.4 Å². The Hall–Kier alpha value is -3.48. The first-order chi connectivity index (χ1) is 14.2. The van der Waals surface area contributed by atoms with Crippen LogP contribution in [0.25, 0.3) is 11.3 Å². The van der Waals surface area contributed by atoms with Gasteiger partial charge in [0.1, 0.15) is 5.75 Å². The zero-order chi connectivity index (χ0) is 19.8. The Balaban J connectivity index is 1.37. The molecule has 2 aliphatic rings. The van der Waals surface area contributed by atoms with E-state index in [0.29, 0.717) is 29.5 Å². The molecular weight excluding hydrogens is 372 g/mol. The maximum atomic E-state index is 13.1. The number of benzene rings is 2. The number of likely N-dealkylation sites (tertiary alicyclic amines) is 1. The quantitative estimate of drug-likeness (QED) is 0.667. The molecule has 1 aromatic heterocycles. The van der Waals surface area contributed by atoms with Crippen molar-refractivity contribution in [2.24, 2.45) is 0 Å². The second-order valence-corrected chi connectivity index (χ2v) is 7.07. The number of aromatic nitrogens is 1. The molecule has 7 heteroatoms. The molecule has 0 spiro atoms. The second-order valence-electron chi connectivity index (χ2n) is 7.07. The SMILES string of the molecule is COc1ccc([C@@H]2CCCN2C(=O)c2cc(-c3ccc4c(c3)OCO4)on2)cc1. The van der Waals surface area contributed by atoms with Crippen LogP contribution in [0.15, 0.2) is 53.1 Å². The van der Waals surface area contributed by atoms with Crippen molar-refractivity contribution < 1.29 is 23.5 Å². The second kappa shape index (κ2) is 7.16. The molecule has 0 saturated carbocycles. The van der Waals surface area contributed by atoms with E-state index in [-0.39, 0.29) is 18.7 Å². The topological polar surface area (TPSA) is 74.0 Å². The van der Waals surface area contributed by atoms with Gasteiger partial charge in [0.05, 0.1) is 13.2 Å². The van der Waals surface area contributed by atoms with Crippen LogP contribution >= 0.6 is 0 Å². The predicted molar refractivity (Wildman–Crippen MR) is 104 cm³/mol. The number of hydrogen-bond donors (Lipinski definition) is 0. The van der Waals surface area contributed by atoms with E-state index in [9.17, 15) is 4.79 Å². The molecule has 1 saturated heterocycles. The van der Waals surface area contributed by atoms with E-state index in [0.717, 1.165) is 29.7 Å². The van der Waals surface area contributed by atoms with E-state index in [1.165, 1.54) is 0 Å². The standard InChI is InChI=1S/C22H20N2O5/c1-26-16-7-4-14(5-8-16)18-3-2-10-24(18)22(25)17-12-20(29-23-17)15-6-9-19-21(11-15)28-13-27-19/h4-9,11-12,18H,2-3,10,13H2,1H3/t18-/m0/s1. The van der Waals surface area contributed by atoms with Gasteiger partial charge >= 0.3 is 0 Å². The van der Waals surface area contributed by atoms with Crippen LogP contribution in [0, 0.1) is 0 Å². The van der Waals surface area contributed by atoms with Gasteiger partial charge in [0.25, 0.3) is 5.91 Å². The molecule has 148 valence electrons. The molecule has 0 radical (unpaired) electrons. The highest BCUT2D eigenvalue weighted by Crippen LogP contribution is 2.37. The van der Waals surface area contributed by atoms with E-state index < -0.39 is 0 Å². The highest BCUT2D eigenvalue weighted by Gasteiger charge is 2.32. The lowest BCUT2D eigenvalue weighted by molar-refractivity contribution is 0.0725. The number of methoxy groups -OCH3 is 1. The molecule has 7 nitrogen and oxygen atoms in total. The van der Waals surface area contributed by atoms with Crippen LogP contribution < -0.4 is 14.2 Å². The van der Waals surface area contributed by atoms with Gasteiger partial charge in [0, 0.05) is 18.2 Å². The van der Waals surface area contributed by atoms with Gasteiger partial charge in [-0.25, -0.2) is 0 Å². The molecule has 0 bridgehead atoms. The monoisotopic (exact) mass is 392 g/mol. The fraction of sp³-hybridized carbons (Fsp3) is 0.273. The Morgan fingerprint density at radius 2 is 1.93 bits per heavy atom. The summed E-state index contributed by atoms with van der Waals surface area (Å²) in [6, 6.07) is 15.1. The van der Waals surface area contributed by atoms with Gasteiger partial charge in [-0.1, -0.05) is 17.3 Å². The minimum atomic E-state index is -0.126. The summed E-state index contributed by atoms with van der Waals surface area (Å²) in [5.41, 5.74) is 2.18. The Morgan fingerprint density at radius 1 is 1.10 bits per heavy atom. The van der Waals surface area contributed by atoms with Gasteiger partial charge in [-0.2, -0.15) is 0 Å². The van der Waals surface area contributed by atoms with Gasteiger partial charge in [-0.05, 0) is 48.7 Å². The van der Waals surface area contributed by atoms with Crippen molar-refractivity contribution in [1.29, 1.82) is 0 Å². The van der Waals surface area contributed by atoms with Crippen LogP contribution in [0.4, 0.5) is 0 Å². The van der Waals surface area contributed by atoms with Crippen molar-refractivity contribution in [3.63, 3.8) is 0 Å². The lowest BCUT2D eigenvalue weighted by Crippen LogP contribution is -2.30. The molecule has 1 atom stereocenters. The molecule has 0 unspecified atom stereocenters. The highest BCUT2D eigenvalue weighted by atomic mass is 16.7. The van der Waals surface area contributed by atoms with Crippen molar-refractivity contribution in [3.8, 4) is 28.6 Å². The molecule has 0 N–H and O–H groups in total. The molecule has 3 aromatic rings. The molecule has 1 fully saturated rings.